The summed E-state index contributed by atoms with van der Waals surface area (Å²) < 4.78 is 5.09. The summed E-state index contributed by atoms with van der Waals surface area (Å²) in [5.41, 5.74) is 1.43. The van der Waals surface area contributed by atoms with Gasteiger partial charge in [-0.2, -0.15) is 0 Å². The average molecular weight is 315 g/mol. The predicted molar refractivity (Wildman–Crippen MR) is 88.7 cm³/mol. The maximum atomic E-state index is 10.6. The van der Waals surface area contributed by atoms with E-state index in [1.165, 1.54) is 12.1 Å². The molecule has 0 aromatic heterocycles. The molecule has 0 heterocycles. The van der Waals surface area contributed by atoms with Crippen molar-refractivity contribution in [2.24, 2.45) is 4.99 Å². The molecule has 0 aliphatic rings. The van der Waals surface area contributed by atoms with Gasteiger partial charge in [0.25, 0.3) is 5.69 Å². The molecule has 0 bridgehead atoms. The first kappa shape index (κ1) is 16.3. The molecule has 0 saturated heterocycles. The maximum Gasteiger partial charge on any atom is 0.269 e. The van der Waals surface area contributed by atoms with Crippen LogP contribution in [-0.2, 0) is 0 Å². The standard InChI is InChI=1S/C16H17N3O4/c1-23-15-6-7-16(20)12(10-15)11-17-8-9-18-13-2-4-14(5-3-13)19(21)22/h2-7,10-11,18,20H,8-9H2,1H3. The largest absolute Gasteiger partial charge is 0.507 e. The number of non-ortho nitro benzene ring substituents is 1. The van der Waals surface area contributed by atoms with E-state index in [1.54, 1.807) is 43.7 Å². The minimum Gasteiger partial charge on any atom is -0.507 e. The Hall–Kier alpha value is -3.09. The van der Waals surface area contributed by atoms with E-state index in [9.17, 15) is 15.2 Å². The van der Waals surface area contributed by atoms with Crippen LogP contribution in [0.1, 0.15) is 5.56 Å². The molecule has 0 atom stereocenters. The fourth-order valence-corrected chi connectivity index (χ4v) is 1.89. The highest BCUT2D eigenvalue weighted by atomic mass is 16.6. The van der Waals surface area contributed by atoms with Crippen LogP contribution in [0.15, 0.2) is 47.5 Å². The number of aromatic hydroxyl groups is 1. The van der Waals surface area contributed by atoms with E-state index < -0.39 is 4.92 Å². The van der Waals surface area contributed by atoms with E-state index in [4.69, 9.17) is 4.74 Å². The van der Waals surface area contributed by atoms with E-state index in [2.05, 4.69) is 10.3 Å². The predicted octanol–water partition coefficient (Wildman–Crippen LogP) is 2.84. The second kappa shape index (κ2) is 7.79. The van der Waals surface area contributed by atoms with Gasteiger partial charge in [-0.25, -0.2) is 0 Å². The number of ether oxygens (including phenoxy) is 1. The van der Waals surface area contributed by atoms with Gasteiger partial charge in [-0.05, 0) is 30.3 Å². The topological polar surface area (TPSA) is 97.0 Å². The second-order valence-electron chi connectivity index (χ2n) is 4.69. The fourth-order valence-electron chi connectivity index (χ4n) is 1.89. The molecule has 2 rings (SSSR count). The van der Waals surface area contributed by atoms with Crippen molar-refractivity contribution in [2.45, 2.75) is 0 Å². The van der Waals surface area contributed by atoms with E-state index in [0.717, 1.165) is 5.69 Å². The van der Waals surface area contributed by atoms with Crippen molar-refractivity contribution in [2.75, 3.05) is 25.5 Å². The molecule has 0 amide bonds. The van der Waals surface area contributed by atoms with Crippen molar-refractivity contribution in [3.8, 4) is 11.5 Å². The third-order valence-electron chi connectivity index (χ3n) is 3.11. The van der Waals surface area contributed by atoms with Gasteiger partial charge in [0.15, 0.2) is 0 Å². The molecular weight excluding hydrogens is 298 g/mol. The van der Waals surface area contributed by atoms with Gasteiger partial charge in [0.05, 0.1) is 18.6 Å². The summed E-state index contributed by atoms with van der Waals surface area (Å²) in [6.45, 7) is 1.06. The van der Waals surface area contributed by atoms with Crippen LogP contribution in [0.3, 0.4) is 0 Å². The van der Waals surface area contributed by atoms with Gasteiger partial charge in [0.1, 0.15) is 11.5 Å². The summed E-state index contributed by atoms with van der Waals surface area (Å²) in [5.74, 6) is 0.783. The van der Waals surface area contributed by atoms with Gasteiger partial charge in [-0.3, -0.25) is 15.1 Å². The number of rotatable bonds is 7. The number of hydrogen-bond acceptors (Lipinski definition) is 6. The third-order valence-corrected chi connectivity index (χ3v) is 3.11. The van der Waals surface area contributed by atoms with Crippen LogP contribution >= 0.6 is 0 Å². The van der Waals surface area contributed by atoms with E-state index in [0.29, 0.717) is 24.4 Å². The lowest BCUT2D eigenvalue weighted by Crippen LogP contribution is -2.05. The Morgan fingerprint density at radius 3 is 2.70 bits per heavy atom. The number of aliphatic imine (C=N–C) groups is 1. The molecule has 2 N–H and O–H groups in total. The molecule has 7 heteroatoms. The zero-order chi connectivity index (χ0) is 16.7. The Morgan fingerprint density at radius 2 is 2.04 bits per heavy atom. The first-order chi connectivity index (χ1) is 11.1. The second-order valence-corrected chi connectivity index (χ2v) is 4.69. The summed E-state index contributed by atoms with van der Waals surface area (Å²) in [6.07, 6.45) is 1.58. The van der Waals surface area contributed by atoms with Crippen molar-refractivity contribution in [1.29, 1.82) is 0 Å². The Labute approximate surface area is 133 Å². The number of nitro groups is 1. The molecule has 0 radical (unpaired) electrons. The third kappa shape index (κ3) is 4.70. The Morgan fingerprint density at radius 1 is 1.30 bits per heavy atom. The summed E-state index contributed by atoms with van der Waals surface area (Å²) in [6, 6.07) is 11.1. The molecule has 120 valence electrons. The Balaban J connectivity index is 1.84. The Kier molecular flexibility index (Phi) is 5.51. The summed E-state index contributed by atoms with van der Waals surface area (Å²) >= 11 is 0. The first-order valence-corrected chi connectivity index (χ1v) is 6.95. The summed E-state index contributed by atoms with van der Waals surface area (Å²) in [5, 5.41) is 23.4. The van der Waals surface area contributed by atoms with Gasteiger partial charge in [-0.15, -0.1) is 0 Å². The zero-order valence-electron chi connectivity index (χ0n) is 12.6. The van der Waals surface area contributed by atoms with Crippen molar-refractivity contribution < 1.29 is 14.8 Å². The van der Waals surface area contributed by atoms with E-state index in [-0.39, 0.29) is 11.4 Å². The van der Waals surface area contributed by atoms with Crippen LogP contribution < -0.4 is 10.1 Å². The first-order valence-electron chi connectivity index (χ1n) is 6.95. The van der Waals surface area contributed by atoms with Crippen LogP contribution in [0.25, 0.3) is 0 Å². The van der Waals surface area contributed by atoms with E-state index >= 15 is 0 Å². The van der Waals surface area contributed by atoms with Crippen molar-refractivity contribution in [3.05, 3.63) is 58.1 Å². The number of nitrogens with zero attached hydrogens (tertiary/aromatic N) is 2. The highest BCUT2D eigenvalue weighted by molar-refractivity contribution is 5.84. The van der Waals surface area contributed by atoms with Crippen LogP contribution in [0.2, 0.25) is 0 Å². The van der Waals surface area contributed by atoms with Crippen molar-refractivity contribution in [1.82, 2.24) is 0 Å². The van der Waals surface area contributed by atoms with Gasteiger partial charge in [0, 0.05) is 36.1 Å². The highest BCUT2D eigenvalue weighted by Crippen LogP contribution is 2.21. The molecule has 2 aromatic carbocycles. The zero-order valence-corrected chi connectivity index (χ0v) is 12.6. The van der Waals surface area contributed by atoms with Gasteiger partial charge in [0.2, 0.25) is 0 Å². The molecule has 0 aliphatic carbocycles. The number of benzene rings is 2. The number of anilines is 1. The summed E-state index contributed by atoms with van der Waals surface area (Å²) in [7, 11) is 1.56. The number of nitrogens with one attached hydrogen (secondary N) is 1. The van der Waals surface area contributed by atoms with Gasteiger partial charge >= 0.3 is 0 Å². The van der Waals surface area contributed by atoms with Crippen LogP contribution in [0, 0.1) is 10.1 Å². The molecule has 7 nitrogen and oxygen atoms in total. The van der Waals surface area contributed by atoms with Crippen molar-refractivity contribution >= 4 is 17.6 Å². The lowest BCUT2D eigenvalue weighted by molar-refractivity contribution is -0.384. The quantitative estimate of drug-likeness (QED) is 0.354. The highest BCUT2D eigenvalue weighted by Gasteiger charge is 2.03. The number of phenols is 1. The fraction of sp³-hybridized carbons (Fsp3) is 0.188. The lowest BCUT2D eigenvalue weighted by atomic mass is 10.2. The average Bonchev–Trinajstić information content (AvgIpc) is 2.56. The van der Waals surface area contributed by atoms with Gasteiger partial charge < -0.3 is 15.2 Å². The monoisotopic (exact) mass is 315 g/mol. The van der Waals surface area contributed by atoms with Gasteiger partial charge in [-0.1, -0.05) is 0 Å². The van der Waals surface area contributed by atoms with Crippen LogP contribution in [0.5, 0.6) is 11.5 Å². The maximum absolute atomic E-state index is 10.6. The Bertz CT molecular complexity index is 699. The molecule has 0 unspecified atom stereocenters. The molecular formula is C16H17N3O4. The minimum atomic E-state index is -0.436. The smallest absolute Gasteiger partial charge is 0.269 e. The van der Waals surface area contributed by atoms with E-state index in [1.807, 2.05) is 0 Å². The number of hydrogen-bond donors (Lipinski definition) is 2. The lowest BCUT2D eigenvalue weighted by Gasteiger charge is -2.04. The van der Waals surface area contributed by atoms with Crippen LogP contribution in [-0.4, -0.2) is 36.4 Å². The minimum absolute atomic E-state index is 0.0575. The number of nitro benzene ring substituents is 1. The molecule has 0 spiro atoms. The molecule has 2 aromatic rings. The molecule has 0 fully saturated rings. The SMILES string of the molecule is COc1ccc(O)c(C=NCCNc2ccc([N+](=O)[O-])cc2)c1. The molecule has 0 aliphatic heterocycles. The molecule has 0 saturated carbocycles. The number of phenolic OH excluding ortho intramolecular Hbond substituents is 1. The molecule has 23 heavy (non-hydrogen) atoms. The van der Waals surface area contributed by atoms with Crippen LogP contribution in [0.4, 0.5) is 11.4 Å². The number of methoxy groups -OCH3 is 1. The summed E-state index contributed by atoms with van der Waals surface area (Å²) in [4.78, 5) is 14.3. The van der Waals surface area contributed by atoms with Crippen molar-refractivity contribution in [3.63, 3.8) is 0 Å². The normalized spacial score (nSPS) is 10.7.